The average molecular weight is 309 g/mol. The van der Waals surface area contributed by atoms with Gasteiger partial charge in [0.05, 0.1) is 18.7 Å². The summed E-state index contributed by atoms with van der Waals surface area (Å²) in [5, 5.41) is 2.53. The lowest BCUT2D eigenvalue weighted by Crippen LogP contribution is -2.27. The molecule has 0 bridgehead atoms. The second kappa shape index (κ2) is 6.51. The maximum Gasteiger partial charge on any atom is 0.254 e. The van der Waals surface area contributed by atoms with Crippen molar-refractivity contribution in [3.63, 3.8) is 0 Å². The molecule has 1 unspecified atom stereocenters. The van der Waals surface area contributed by atoms with Crippen LogP contribution in [0.1, 0.15) is 28.9 Å². The summed E-state index contributed by atoms with van der Waals surface area (Å²) in [6.07, 6.45) is 0. The minimum Gasteiger partial charge on any atom is -0.497 e. The molecule has 2 aromatic rings. The van der Waals surface area contributed by atoms with Crippen molar-refractivity contribution in [1.29, 1.82) is 0 Å². The number of carbonyl (C=O) groups is 1. The molecule has 0 aliphatic heterocycles. The smallest absolute Gasteiger partial charge is 0.254 e. The topological polar surface area (TPSA) is 38.3 Å². The van der Waals surface area contributed by atoms with Crippen LogP contribution in [0.4, 0.5) is 13.2 Å². The first-order valence-electron chi connectivity index (χ1n) is 6.51. The molecule has 22 heavy (non-hydrogen) atoms. The second-order valence-electron chi connectivity index (χ2n) is 4.71. The van der Waals surface area contributed by atoms with Crippen LogP contribution in [0, 0.1) is 17.5 Å². The predicted molar refractivity (Wildman–Crippen MR) is 75.2 cm³/mol. The summed E-state index contributed by atoms with van der Waals surface area (Å²) >= 11 is 0. The SMILES string of the molecule is COc1ccc(C(=O)NC(C)c2ccc(F)c(F)c2)c(F)c1. The number of benzene rings is 2. The van der Waals surface area contributed by atoms with E-state index in [0.29, 0.717) is 11.3 Å². The van der Waals surface area contributed by atoms with E-state index < -0.39 is 29.4 Å². The van der Waals surface area contributed by atoms with Crippen LogP contribution in [-0.2, 0) is 0 Å². The van der Waals surface area contributed by atoms with Gasteiger partial charge < -0.3 is 10.1 Å². The number of ether oxygens (including phenoxy) is 1. The molecular formula is C16H14F3NO2. The van der Waals surface area contributed by atoms with Crippen LogP contribution in [-0.4, -0.2) is 13.0 Å². The molecule has 0 saturated heterocycles. The zero-order valence-electron chi connectivity index (χ0n) is 12.0. The van der Waals surface area contributed by atoms with Crippen LogP contribution in [0.3, 0.4) is 0 Å². The van der Waals surface area contributed by atoms with E-state index in [1.54, 1.807) is 6.92 Å². The number of amides is 1. The number of carbonyl (C=O) groups excluding carboxylic acids is 1. The molecule has 6 heteroatoms. The van der Waals surface area contributed by atoms with Crippen molar-refractivity contribution < 1.29 is 22.7 Å². The van der Waals surface area contributed by atoms with Gasteiger partial charge in [-0.25, -0.2) is 13.2 Å². The molecule has 2 aromatic carbocycles. The number of halogens is 3. The molecule has 0 fully saturated rings. The molecule has 0 radical (unpaired) electrons. The zero-order valence-corrected chi connectivity index (χ0v) is 12.0. The van der Waals surface area contributed by atoms with E-state index in [1.165, 1.54) is 25.3 Å². The summed E-state index contributed by atoms with van der Waals surface area (Å²) in [5.74, 6) is -3.06. The predicted octanol–water partition coefficient (Wildman–Crippen LogP) is 3.60. The van der Waals surface area contributed by atoms with Gasteiger partial charge >= 0.3 is 0 Å². The molecule has 0 heterocycles. The van der Waals surface area contributed by atoms with Gasteiger partial charge in [0, 0.05) is 6.07 Å². The molecule has 0 aliphatic carbocycles. The maximum atomic E-state index is 13.8. The van der Waals surface area contributed by atoms with Gasteiger partial charge in [0.15, 0.2) is 11.6 Å². The Morgan fingerprint density at radius 1 is 1.05 bits per heavy atom. The number of methoxy groups -OCH3 is 1. The van der Waals surface area contributed by atoms with Crippen LogP contribution in [0.25, 0.3) is 0 Å². The van der Waals surface area contributed by atoms with Crippen LogP contribution in [0.2, 0.25) is 0 Å². The van der Waals surface area contributed by atoms with E-state index in [4.69, 9.17) is 4.74 Å². The highest BCUT2D eigenvalue weighted by molar-refractivity contribution is 5.94. The fourth-order valence-corrected chi connectivity index (χ4v) is 1.95. The third-order valence-corrected chi connectivity index (χ3v) is 3.21. The normalized spacial score (nSPS) is 11.9. The van der Waals surface area contributed by atoms with Crippen molar-refractivity contribution in [2.75, 3.05) is 7.11 Å². The number of hydrogen-bond acceptors (Lipinski definition) is 2. The first-order valence-corrected chi connectivity index (χ1v) is 6.51. The second-order valence-corrected chi connectivity index (χ2v) is 4.71. The molecular weight excluding hydrogens is 295 g/mol. The molecule has 3 nitrogen and oxygen atoms in total. The Bertz CT molecular complexity index is 704. The number of rotatable bonds is 4. The lowest BCUT2D eigenvalue weighted by Gasteiger charge is -2.15. The fourth-order valence-electron chi connectivity index (χ4n) is 1.95. The standard InChI is InChI=1S/C16H14F3NO2/c1-9(10-3-6-13(17)15(19)7-10)20-16(21)12-5-4-11(22-2)8-14(12)18/h3-9H,1-2H3,(H,20,21). The summed E-state index contributed by atoms with van der Waals surface area (Å²) in [5.41, 5.74) is 0.219. The number of hydrogen-bond donors (Lipinski definition) is 1. The van der Waals surface area contributed by atoms with Crippen molar-refractivity contribution in [1.82, 2.24) is 5.32 Å². The molecule has 0 spiro atoms. The molecule has 0 aromatic heterocycles. The van der Waals surface area contributed by atoms with Gasteiger partial charge in [-0.3, -0.25) is 4.79 Å². The average Bonchev–Trinajstić information content (AvgIpc) is 2.49. The van der Waals surface area contributed by atoms with E-state index in [0.717, 1.165) is 18.2 Å². The van der Waals surface area contributed by atoms with Crippen molar-refractivity contribution in [2.24, 2.45) is 0 Å². The first-order chi connectivity index (χ1) is 10.4. The van der Waals surface area contributed by atoms with Crippen molar-refractivity contribution >= 4 is 5.91 Å². The van der Waals surface area contributed by atoms with E-state index in [9.17, 15) is 18.0 Å². The molecule has 1 amide bonds. The Labute approximate surface area is 125 Å². The highest BCUT2D eigenvalue weighted by Crippen LogP contribution is 2.19. The van der Waals surface area contributed by atoms with Gasteiger partial charge in [-0.1, -0.05) is 6.07 Å². The minimum absolute atomic E-state index is 0.157. The molecule has 0 saturated carbocycles. The molecule has 0 aliphatic rings. The van der Waals surface area contributed by atoms with E-state index in [-0.39, 0.29) is 5.56 Å². The Morgan fingerprint density at radius 2 is 1.77 bits per heavy atom. The van der Waals surface area contributed by atoms with Gasteiger partial charge in [-0.2, -0.15) is 0 Å². The third kappa shape index (κ3) is 3.39. The zero-order chi connectivity index (χ0) is 16.3. The van der Waals surface area contributed by atoms with Crippen molar-refractivity contribution in [3.8, 4) is 5.75 Å². The summed E-state index contributed by atoms with van der Waals surface area (Å²) in [6, 6.07) is 6.56. The Kier molecular flexibility index (Phi) is 4.70. The van der Waals surface area contributed by atoms with Gasteiger partial charge in [-0.15, -0.1) is 0 Å². The molecule has 1 N–H and O–H groups in total. The quantitative estimate of drug-likeness (QED) is 0.937. The van der Waals surface area contributed by atoms with Gasteiger partial charge in [-0.05, 0) is 36.8 Å². The summed E-state index contributed by atoms with van der Waals surface area (Å²) < 4.78 is 44.7. The summed E-state index contributed by atoms with van der Waals surface area (Å²) in [4.78, 5) is 12.0. The third-order valence-electron chi connectivity index (χ3n) is 3.21. The maximum absolute atomic E-state index is 13.8. The van der Waals surface area contributed by atoms with Crippen LogP contribution >= 0.6 is 0 Å². The fraction of sp³-hybridized carbons (Fsp3) is 0.188. The Hall–Kier alpha value is -2.50. The lowest BCUT2D eigenvalue weighted by atomic mass is 10.1. The first kappa shape index (κ1) is 15.9. The van der Waals surface area contributed by atoms with Gasteiger partial charge in [0.1, 0.15) is 11.6 Å². The van der Waals surface area contributed by atoms with Crippen LogP contribution in [0.15, 0.2) is 36.4 Å². The van der Waals surface area contributed by atoms with Gasteiger partial charge in [0.25, 0.3) is 5.91 Å². The highest BCUT2D eigenvalue weighted by atomic mass is 19.2. The molecule has 2 rings (SSSR count). The van der Waals surface area contributed by atoms with E-state index in [2.05, 4.69) is 5.32 Å². The molecule has 1 atom stereocenters. The van der Waals surface area contributed by atoms with E-state index >= 15 is 0 Å². The van der Waals surface area contributed by atoms with Crippen LogP contribution < -0.4 is 10.1 Å². The van der Waals surface area contributed by atoms with Crippen LogP contribution in [0.5, 0.6) is 5.75 Å². The summed E-state index contributed by atoms with van der Waals surface area (Å²) in [7, 11) is 1.39. The highest BCUT2D eigenvalue weighted by Gasteiger charge is 2.16. The summed E-state index contributed by atoms with van der Waals surface area (Å²) in [6.45, 7) is 1.59. The lowest BCUT2D eigenvalue weighted by molar-refractivity contribution is 0.0935. The Balaban J connectivity index is 2.15. The Morgan fingerprint density at radius 3 is 2.36 bits per heavy atom. The molecule has 116 valence electrons. The monoisotopic (exact) mass is 309 g/mol. The largest absolute Gasteiger partial charge is 0.497 e. The minimum atomic E-state index is -1.01. The van der Waals surface area contributed by atoms with Gasteiger partial charge in [0.2, 0.25) is 0 Å². The van der Waals surface area contributed by atoms with Crippen molar-refractivity contribution in [3.05, 3.63) is 65.0 Å². The number of nitrogens with one attached hydrogen (secondary N) is 1. The van der Waals surface area contributed by atoms with Crippen molar-refractivity contribution in [2.45, 2.75) is 13.0 Å². The van der Waals surface area contributed by atoms with E-state index in [1.807, 2.05) is 0 Å².